The van der Waals surface area contributed by atoms with Gasteiger partial charge < -0.3 is 14.6 Å². The van der Waals surface area contributed by atoms with Gasteiger partial charge in [-0.2, -0.15) is 0 Å². The quantitative estimate of drug-likeness (QED) is 0.724. The minimum atomic E-state index is 0.196. The van der Waals surface area contributed by atoms with E-state index in [1.165, 1.54) is 7.11 Å². The van der Waals surface area contributed by atoms with Crippen LogP contribution in [0.15, 0.2) is 30.7 Å². The Balaban J connectivity index is 2.89. The summed E-state index contributed by atoms with van der Waals surface area (Å²) in [5.74, 6) is 0.946. The van der Waals surface area contributed by atoms with E-state index < -0.39 is 0 Å². The molecule has 1 rings (SSSR count). The number of hydrogen-bond donors (Lipinski definition) is 1. The van der Waals surface area contributed by atoms with Crippen LogP contribution in [0.3, 0.4) is 0 Å². The Morgan fingerprint density at radius 2 is 2.15 bits per heavy atom. The van der Waals surface area contributed by atoms with Crippen LogP contribution in [0, 0.1) is 6.92 Å². The first-order valence-electron chi connectivity index (χ1n) is 3.84. The topological polar surface area (TPSA) is 38.7 Å². The van der Waals surface area contributed by atoms with E-state index in [0.29, 0.717) is 11.3 Å². The monoisotopic (exact) mass is 180 g/mol. The lowest BCUT2D eigenvalue weighted by molar-refractivity contribution is 0.153. The summed E-state index contributed by atoms with van der Waals surface area (Å²) in [5, 5.41) is 9.34. The SMILES string of the molecule is C=C(OC)Oc1cccc(O)c1C. The van der Waals surface area contributed by atoms with Gasteiger partial charge in [0.2, 0.25) is 0 Å². The molecule has 0 bridgehead atoms. The Kier molecular flexibility index (Phi) is 2.80. The van der Waals surface area contributed by atoms with Gasteiger partial charge in [-0.05, 0) is 25.6 Å². The van der Waals surface area contributed by atoms with Gasteiger partial charge in [-0.1, -0.05) is 6.07 Å². The number of rotatable bonds is 3. The van der Waals surface area contributed by atoms with E-state index >= 15 is 0 Å². The summed E-state index contributed by atoms with van der Waals surface area (Å²) < 4.78 is 9.95. The molecule has 0 radical (unpaired) electrons. The maximum Gasteiger partial charge on any atom is 0.276 e. The molecule has 1 aromatic rings. The third kappa shape index (κ3) is 2.15. The van der Waals surface area contributed by atoms with Gasteiger partial charge in [0, 0.05) is 5.56 Å². The third-order valence-corrected chi connectivity index (χ3v) is 1.71. The third-order valence-electron chi connectivity index (χ3n) is 1.71. The van der Waals surface area contributed by atoms with Crippen molar-refractivity contribution < 1.29 is 14.6 Å². The van der Waals surface area contributed by atoms with E-state index in [1.807, 2.05) is 0 Å². The lowest BCUT2D eigenvalue weighted by Crippen LogP contribution is -1.96. The van der Waals surface area contributed by atoms with Gasteiger partial charge in [0.05, 0.1) is 7.11 Å². The van der Waals surface area contributed by atoms with E-state index in [4.69, 9.17) is 9.47 Å². The van der Waals surface area contributed by atoms with Gasteiger partial charge in [-0.3, -0.25) is 0 Å². The summed E-state index contributed by atoms with van der Waals surface area (Å²) in [4.78, 5) is 0. The molecule has 0 heterocycles. The average molecular weight is 180 g/mol. The first-order valence-corrected chi connectivity index (χ1v) is 3.84. The zero-order valence-corrected chi connectivity index (χ0v) is 7.70. The molecule has 0 atom stereocenters. The number of ether oxygens (including phenoxy) is 2. The fourth-order valence-corrected chi connectivity index (χ4v) is 0.878. The van der Waals surface area contributed by atoms with Crippen molar-refractivity contribution in [1.82, 2.24) is 0 Å². The maximum absolute atomic E-state index is 9.34. The van der Waals surface area contributed by atoms with Crippen molar-refractivity contribution in [2.45, 2.75) is 6.92 Å². The molecule has 13 heavy (non-hydrogen) atoms. The van der Waals surface area contributed by atoms with Crippen molar-refractivity contribution in [1.29, 1.82) is 0 Å². The Hall–Kier alpha value is -1.64. The summed E-state index contributed by atoms with van der Waals surface area (Å²) in [7, 11) is 1.47. The minimum absolute atomic E-state index is 0.196. The second-order valence-electron chi connectivity index (χ2n) is 2.58. The molecule has 0 saturated heterocycles. The standard InChI is InChI=1S/C10H12O3/c1-7-9(11)5-4-6-10(7)13-8(2)12-3/h4-6,11H,2H2,1,3H3. The highest BCUT2D eigenvalue weighted by Gasteiger charge is 2.04. The molecule has 0 aromatic heterocycles. The van der Waals surface area contributed by atoms with Crippen molar-refractivity contribution in [3.05, 3.63) is 36.3 Å². The largest absolute Gasteiger partial charge is 0.508 e. The maximum atomic E-state index is 9.34. The highest BCUT2D eigenvalue weighted by atomic mass is 16.7. The van der Waals surface area contributed by atoms with E-state index in [2.05, 4.69) is 6.58 Å². The predicted octanol–water partition coefficient (Wildman–Crippen LogP) is 2.20. The number of phenols is 1. The Bertz CT molecular complexity index is 318. The molecule has 0 unspecified atom stereocenters. The lowest BCUT2D eigenvalue weighted by Gasteiger charge is -2.09. The van der Waals surface area contributed by atoms with Crippen LogP contribution in [0.1, 0.15) is 5.56 Å². The molecule has 1 aromatic carbocycles. The number of aromatic hydroxyl groups is 1. The molecule has 3 heteroatoms. The van der Waals surface area contributed by atoms with Gasteiger partial charge in [-0.15, -0.1) is 0 Å². The number of methoxy groups -OCH3 is 1. The summed E-state index contributed by atoms with van der Waals surface area (Å²) in [6, 6.07) is 5.03. The molecule has 0 fully saturated rings. The van der Waals surface area contributed by atoms with Crippen molar-refractivity contribution >= 4 is 0 Å². The minimum Gasteiger partial charge on any atom is -0.508 e. The van der Waals surface area contributed by atoms with Crippen LogP contribution < -0.4 is 4.74 Å². The molecule has 0 saturated carbocycles. The highest BCUT2D eigenvalue weighted by molar-refractivity contribution is 5.43. The van der Waals surface area contributed by atoms with Crippen LogP contribution in [0.25, 0.3) is 0 Å². The van der Waals surface area contributed by atoms with Gasteiger partial charge >= 0.3 is 0 Å². The molecule has 0 aliphatic rings. The molecule has 0 aliphatic heterocycles. The van der Waals surface area contributed by atoms with Crippen molar-refractivity contribution in [3.63, 3.8) is 0 Å². The zero-order valence-electron chi connectivity index (χ0n) is 7.70. The van der Waals surface area contributed by atoms with Crippen LogP contribution in [0.5, 0.6) is 11.5 Å². The highest BCUT2D eigenvalue weighted by Crippen LogP contribution is 2.27. The first kappa shape index (κ1) is 9.45. The normalized spacial score (nSPS) is 9.38. The number of phenolic OH excluding ortho intramolecular Hbond substituents is 1. The molecule has 70 valence electrons. The van der Waals surface area contributed by atoms with E-state index in [0.717, 1.165) is 0 Å². The second kappa shape index (κ2) is 3.85. The summed E-state index contributed by atoms with van der Waals surface area (Å²) in [5.41, 5.74) is 0.667. The van der Waals surface area contributed by atoms with Crippen LogP contribution >= 0.6 is 0 Å². The predicted molar refractivity (Wildman–Crippen MR) is 49.6 cm³/mol. The van der Waals surface area contributed by atoms with E-state index in [9.17, 15) is 5.11 Å². The number of benzene rings is 1. The van der Waals surface area contributed by atoms with Crippen LogP contribution in [-0.4, -0.2) is 12.2 Å². The summed E-state index contributed by atoms with van der Waals surface area (Å²) in [6.45, 7) is 5.27. The Morgan fingerprint density at radius 3 is 2.77 bits per heavy atom. The molecule has 1 N–H and O–H groups in total. The van der Waals surface area contributed by atoms with E-state index in [-0.39, 0.29) is 11.7 Å². The van der Waals surface area contributed by atoms with Crippen molar-refractivity contribution in [2.75, 3.05) is 7.11 Å². The van der Waals surface area contributed by atoms with E-state index in [1.54, 1.807) is 25.1 Å². The Labute approximate surface area is 77.2 Å². The fraction of sp³-hybridized carbons (Fsp3) is 0.200. The van der Waals surface area contributed by atoms with Crippen LogP contribution in [-0.2, 0) is 4.74 Å². The Morgan fingerprint density at radius 1 is 1.46 bits per heavy atom. The smallest absolute Gasteiger partial charge is 0.276 e. The number of hydrogen-bond acceptors (Lipinski definition) is 3. The van der Waals surface area contributed by atoms with Crippen molar-refractivity contribution in [3.8, 4) is 11.5 Å². The van der Waals surface area contributed by atoms with Gasteiger partial charge in [0.25, 0.3) is 5.95 Å². The average Bonchev–Trinajstić information content (AvgIpc) is 2.13. The molecular weight excluding hydrogens is 168 g/mol. The molecule has 0 aliphatic carbocycles. The lowest BCUT2D eigenvalue weighted by atomic mass is 10.2. The molecule has 0 spiro atoms. The first-order chi connectivity index (χ1) is 6.15. The van der Waals surface area contributed by atoms with Crippen molar-refractivity contribution in [2.24, 2.45) is 0 Å². The van der Waals surface area contributed by atoms with Gasteiger partial charge in [0.1, 0.15) is 11.5 Å². The van der Waals surface area contributed by atoms with Gasteiger partial charge in [-0.25, -0.2) is 0 Å². The summed E-state index contributed by atoms with van der Waals surface area (Å²) in [6.07, 6.45) is 0. The van der Waals surface area contributed by atoms with Gasteiger partial charge in [0.15, 0.2) is 0 Å². The second-order valence-corrected chi connectivity index (χ2v) is 2.58. The summed E-state index contributed by atoms with van der Waals surface area (Å²) >= 11 is 0. The molecule has 3 nitrogen and oxygen atoms in total. The van der Waals surface area contributed by atoms with Crippen LogP contribution in [0.2, 0.25) is 0 Å². The fourth-order valence-electron chi connectivity index (χ4n) is 0.878. The molecule has 0 amide bonds. The zero-order chi connectivity index (χ0) is 9.84. The molecular formula is C10H12O3. The van der Waals surface area contributed by atoms with Crippen LogP contribution in [0.4, 0.5) is 0 Å².